The molecule has 6 heteroatoms. The van der Waals surface area contributed by atoms with Crippen molar-refractivity contribution in [2.45, 2.75) is 31.7 Å². The molecule has 3 rings (SSSR count). The second kappa shape index (κ2) is 7.33. The minimum absolute atomic E-state index is 0.0754. The number of likely N-dealkylation sites (N-methyl/N-ethyl adjacent to an activating group) is 1. The Labute approximate surface area is 148 Å². The fourth-order valence-corrected chi connectivity index (χ4v) is 4.04. The van der Waals surface area contributed by atoms with Crippen molar-refractivity contribution in [3.8, 4) is 11.5 Å². The molecule has 1 aromatic carbocycles. The molecule has 0 bridgehead atoms. The second-order valence-corrected chi connectivity index (χ2v) is 7.01. The standard InChI is InChI=1S/C19H26N2O4/c1-21(15-6-13-8-18(22)20-11-14(13)7-15)19(23)9-12-4-5-16(24-2)10-17(12)25-3/h4-5,10,13-15H,6-9,11H2,1-3H3,(H,20,22)/t13-,14+,15-/m1/s1. The van der Waals surface area contributed by atoms with Gasteiger partial charge in [-0.25, -0.2) is 0 Å². The van der Waals surface area contributed by atoms with Crippen LogP contribution in [-0.4, -0.2) is 50.6 Å². The number of nitrogens with zero attached hydrogens (tertiary/aromatic N) is 1. The number of carbonyl (C=O) groups is 2. The number of benzene rings is 1. The Morgan fingerprint density at radius 2 is 2.00 bits per heavy atom. The van der Waals surface area contributed by atoms with Gasteiger partial charge in [0, 0.05) is 37.7 Å². The third-order valence-corrected chi connectivity index (χ3v) is 5.60. The van der Waals surface area contributed by atoms with E-state index in [0.29, 0.717) is 36.2 Å². The van der Waals surface area contributed by atoms with E-state index in [1.165, 1.54) is 0 Å². The molecule has 1 aliphatic heterocycles. The van der Waals surface area contributed by atoms with E-state index in [0.717, 1.165) is 24.9 Å². The van der Waals surface area contributed by atoms with Crippen LogP contribution in [0.3, 0.4) is 0 Å². The van der Waals surface area contributed by atoms with E-state index in [2.05, 4.69) is 5.32 Å². The summed E-state index contributed by atoms with van der Waals surface area (Å²) in [6.07, 6.45) is 2.77. The Morgan fingerprint density at radius 1 is 1.24 bits per heavy atom. The van der Waals surface area contributed by atoms with E-state index in [9.17, 15) is 9.59 Å². The molecule has 1 heterocycles. The van der Waals surface area contributed by atoms with Gasteiger partial charge in [0.25, 0.3) is 0 Å². The molecule has 136 valence electrons. The lowest BCUT2D eigenvalue weighted by Crippen LogP contribution is -2.38. The van der Waals surface area contributed by atoms with Crippen LogP contribution < -0.4 is 14.8 Å². The first-order chi connectivity index (χ1) is 12.0. The molecule has 2 aliphatic rings. The largest absolute Gasteiger partial charge is 0.497 e. The summed E-state index contributed by atoms with van der Waals surface area (Å²) in [6.45, 7) is 0.744. The summed E-state index contributed by atoms with van der Waals surface area (Å²) in [6, 6.07) is 5.72. The highest BCUT2D eigenvalue weighted by Gasteiger charge is 2.40. The molecule has 0 aromatic heterocycles. The molecular formula is C19H26N2O4. The van der Waals surface area contributed by atoms with E-state index in [1.54, 1.807) is 20.3 Å². The van der Waals surface area contributed by atoms with Crippen LogP contribution in [0.15, 0.2) is 18.2 Å². The van der Waals surface area contributed by atoms with Crippen molar-refractivity contribution in [2.24, 2.45) is 11.8 Å². The number of hydrogen-bond donors (Lipinski definition) is 1. The van der Waals surface area contributed by atoms with Crippen LogP contribution in [0.4, 0.5) is 0 Å². The lowest BCUT2D eigenvalue weighted by Gasteiger charge is -2.25. The van der Waals surface area contributed by atoms with Gasteiger partial charge in [-0.15, -0.1) is 0 Å². The molecule has 1 saturated carbocycles. The quantitative estimate of drug-likeness (QED) is 0.880. The first-order valence-electron chi connectivity index (χ1n) is 8.75. The summed E-state index contributed by atoms with van der Waals surface area (Å²) in [4.78, 5) is 26.2. The van der Waals surface area contributed by atoms with Crippen molar-refractivity contribution in [3.05, 3.63) is 23.8 Å². The number of fused-ring (bicyclic) bond motifs is 1. The smallest absolute Gasteiger partial charge is 0.227 e. The Hall–Kier alpha value is -2.24. The highest BCUT2D eigenvalue weighted by atomic mass is 16.5. The van der Waals surface area contributed by atoms with Gasteiger partial charge in [0.1, 0.15) is 11.5 Å². The summed E-state index contributed by atoms with van der Waals surface area (Å²) < 4.78 is 10.6. The predicted octanol–water partition coefficient (Wildman–Crippen LogP) is 1.62. The van der Waals surface area contributed by atoms with Crippen molar-refractivity contribution in [3.63, 3.8) is 0 Å². The zero-order chi connectivity index (χ0) is 18.0. The fraction of sp³-hybridized carbons (Fsp3) is 0.579. The highest BCUT2D eigenvalue weighted by Crippen LogP contribution is 2.38. The SMILES string of the molecule is COc1ccc(CC(=O)N(C)[C@H]2C[C@H]3CNC(=O)C[C@H]3C2)c(OC)c1. The number of hydrogen-bond acceptors (Lipinski definition) is 4. The van der Waals surface area contributed by atoms with Gasteiger partial charge in [0.05, 0.1) is 20.6 Å². The number of rotatable bonds is 5. The van der Waals surface area contributed by atoms with E-state index in [1.807, 2.05) is 24.1 Å². The van der Waals surface area contributed by atoms with Crippen molar-refractivity contribution < 1.29 is 19.1 Å². The fourth-order valence-electron chi connectivity index (χ4n) is 4.04. The van der Waals surface area contributed by atoms with Crippen LogP contribution in [0.1, 0.15) is 24.8 Å². The summed E-state index contributed by atoms with van der Waals surface area (Å²) in [5, 5.41) is 2.94. The van der Waals surface area contributed by atoms with Crippen molar-refractivity contribution in [1.82, 2.24) is 10.2 Å². The van der Waals surface area contributed by atoms with Gasteiger partial charge in [0.2, 0.25) is 11.8 Å². The van der Waals surface area contributed by atoms with Crippen molar-refractivity contribution in [1.29, 1.82) is 0 Å². The summed E-state index contributed by atoms with van der Waals surface area (Å²) in [5.74, 6) is 2.48. The number of nitrogens with one attached hydrogen (secondary N) is 1. The molecule has 3 atom stereocenters. The highest BCUT2D eigenvalue weighted by molar-refractivity contribution is 5.80. The van der Waals surface area contributed by atoms with E-state index in [-0.39, 0.29) is 17.9 Å². The number of methoxy groups -OCH3 is 2. The van der Waals surface area contributed by atoms with Gasteiger partial charge in [-0.1, -0.05) is 6.07 Å². The molecule has 0 unspecified atom stereocenters. The van der Waals surface area contributed by atoms with Crippen LogP contribution >= 0.6 is 0 Å². The van der Waals surface area contributed by atoms with Gasteiger partial charge in [-0.05, 0) is 30.7 Å². The molecule has 1 N–H and O–H groups in total. The third kappa shape index (κ3) is 3.72. The van der Waals surface area contributed by atoms with Crippen molar-refractivity contribution in [2.75, 3.05) is 27.8 Å². The zero-order valence-corrected chi connectivity index (χ0v) is 15.1. The average molecular weight is 346 g/mol. The van der Waals surface area contributed by atoms with E-state index >= 15 is 0 Å². The lowest BCUT2D eigenvalue weighted by atomic mass is 9.89. The molecule has 2 amide bonds. The maximum atomic E-state index is 12.7. The summed E-state index contributed by atoms with van der Waals surface area (Å²) >= 11 is 0. The van der Waals surface area contributed by atoms with Crippen molar-refractivity contribution >= 4 is 11.8 Å². The number of piperidine rings is 1. The Kier molecular flexibility index (Phi) is 5.16. The topological polar surface area (TPSA) is 67.9 Å². The van der Waals surface area contributed by atoms with Gasteiger partial charge in [0.15, 0.2) is 0 Å². The van der Waals surface area contributed by atoms with Gasteiger partial charge < -0.3 is 19.7 Å². The Bertz CT molecular complexity index is 661. The number of carbonyl (C=O) groups excluding carboxylic acids is 2. The molecule has 25 heavy (non-hydrogen) atoms. The maximum Gasteiger partial charge on any atom is 0.227 e. The first kappa shape index (κ1) is 17.6. The predicted molar refractivity (Wildman–Crippen MR) is 93.6 cm³/mol. The van der Waals surface area contributed by atoms with Gasteiger partial charge >= 0.3 is 0 Å². The first-order valence-corrected chi connectivity index (χ1v) is 8.75. The Morgan fingerprint density at radius 3 is 2.72 bits per heavy atom. The molecule has 1 aliphatic carbocycles. The van der Waals surface area contributed by atoms with Crippen LogP contribution in [-0.2, 0) is 16.0 Å². The van der Waals surface area contributed by atoms with Gasteiger partial charge in [-0.3, -0.25) is 9.59 Å². The monoisotopic (exact) mass is 346 g/mol. The van der Waals surface area contributed by atoms with E-state index in [4.69, 9.17) is 9.47 Å². The lowest BCUT2D eigenvalue weighted by molar-refractivity contribution is -0.131. The maximum absolute atomic E-state index is 12.7. The summed E-state index contributed by atoms with van der Waals surface area (Å²) in [5.41, 5.74) is 0.854. The molecule has 0 spiro atoms. The average Bonchev–Trinajstić information content (AvgIpc) is 3.04. The van der Waals surface area contributed by atoms with E-state index < -0.39 is 0 Å². The normalized spacial score (nSPS) is 25.1. The molecule has 1 saturated heterocycles. The van der Waals surface area contributed by atoms with Crippen LogP contribution in [0.2, 0.25) is 0 Å². The number of ether oxygens (including phenoxy) is 2. The molecular weight excluding hydrogens is 320 g/mol. The van der Waals surface area contributed by atoms with Crippen LogP contribution in [0.25, 0.3) is 0 Å². The molecule has 1 aromatic rings. The summed E-state index contributed by atoms with van der Waals surface area (Å²) in [7, 11) is 5.07. The number of amides is 2. The molecule has 0 radical (unpaired) electrons. The third-order valence-electron chi connectivity index (χ3n) is 5.60. The second-order valence-electron chi connectivity index (χ2n) is 7.01. The molecule has 2 fully saturated rings. The van der Waals surface area contributed by atoms with Crippen LogP contribution in [0.5, 0.6) is 11.5 Å². The minimum Gasteiger partial charge on any atom is -0.497 e. The minimum atomic E-state index is 0.0754. The van der Waals surface area contributed by atoms with Crippen LogP contribution in [0, 0.1) is 11.8 Å². The Balaban J connectivity index is 1.64. The zero-order valence-electron chi connectivity index (χ0n) is 15.1. The van der Waals surface area contributed by atoms with Gasteiger partial charge in [-0.2, -0.15) is 0 Å². The molecule has 6 nitrogen and oxygen atoms in total.